The van der Waals surface area contributed by atoms with Crippen LogP contribution in [0.5, 0.6) is 0 Å². The molecule has 0 aliphatic rings. The molecule has 0 aliphatic carbocycles. The predicted octanol–water partition coefficient (Wildman–Crippen LogP) is 2.83. The van der Waals surface area contributed by atoms with Crippen LogP contribution in [0, 0.1) is 12.8 Å². The molecule has 102 valence electrons. The van der Waals surface area contributed by atoms with E-state index in [4.69, 9.17) is 0 Å². The Bertz CT molecular complexity index is 558. The van der Waals surface area contributed by atoms with Gasteiger partial charge in [0, 0.05) is 6.42 Å². The molecular weight excluding hydrogens is 238 g/mol. The topological polar surface area (TPSA) is 50.9 Å². The Labute approximate surface area is 114 Å². The molecule has 0 spiro atoms. The number of hydrogen-bond donors (Lipinski definition) is 1. The van der Waals surface area contributed by atoms with Crippen molar-refractivity contribution in [3.05, 3.63) is 41.5 Å². The van der Waals surface area contributed by atoms with Gasteiger partial charge in [-0.3, -0.25) is 0 Å². The minimum atomic E-state index is -0.631. The molecule has 0 bridgehead atoms. The van der Waals surface area contributed by atoms with Crippen molar-refractivity contribution in [2.75, 3.05) is 0 Å². The summed E-state index contributed by atoms with van der Waals surface area (Å²) < 4.78 is 1.75. The number of nitrogens with zero attached hydrogens (tertiary/aromatic N) is 3. The fourth-order valence-corrected chi connectivity index (χ4v) is 2.04. The van der Waals surface area contributed by atoms with E-state index in [0.29, 0.717) is 11.7 Å². The van der Waals surface area contributed by atoms with Gasteiger partial charge in [0.25, 0.3) is 0 Å². The summed E-state index contributed by atoms with van der Waals surface area (Å²) in [5.74, 6) is 1.88. The number of aliphatic hydroxyl groups excluding tert-OH is 1. The zero-order chi connectivity index (χ0) is 14.0. The highest BCUT2D eigenvalue weighted by Crippen LogP contribution is 2.18. The molecule has 0 saturated carbocycles. The highest BCUT2D eigenvalue weighted by molar-refractivity contribution is 5.35. The third-order valence-electron chi connectivity index (χ3n) is 2.89. The molecule has 19 heavy (non-hydrogen) atoms. The fourth-order valence-electron chi connectivity index (χ4n) is 2.04. The van der Waals surface area contributed by atoms with Crippen LogP contribution in [-0.4, -0.2) is 19.9 Å². The van der Waals surface area contributed by atoms with E-state index in [9.17, 15) is 5.11 Å². The van der Waals surface area contributed by atoms with Gasteiger partial charge in [-0.1, -0.05) is 26.0 Å². The van der Waals surface area contributed by atoms with E-state index in [-0.39, 0.29) is 0 Å². The molecule has 0 saturated heterocycles. The number of rotatable bonds is 4. The number of aryl methyl sites for hydroxylation is 1. The maximum absolute atomic E-state index is 9.86. The standard InChI is InChI=1S/C15H21N3O/c1-10(2)8-14-16-15(12(4)19)18(17-14)13-7-5-6-11(3)9-13/h5-7,9-10,12,19H,8H2,1-4H3/t12-/m0/s1. The van der Waals surface area contributed by atoms with Crippen LogP contribution in [0.25, 0.3) is 5.69 Å². The van der Waals surface area contributed by atoms with Crippen LogP contribution < -0.4 is 0 Å². The largest absolute Gasteiger partial charge is 0.385 e. The first-order chi connectivity index (χ1) is 8.97. The van der Waals surface area contributed by atoms with Crippen molar-refractivity contribution in [1.29, 1.82) is 0 Å². The summed E-state index contributed by atoms with van der Waals surface area (Å²) >= 11 is 0. The average Bonchev–Trinajstić information content (AvgIpc) is 2.72. The molecule has 1 aromatic carbocycles. The van der Waals surface area contributed by atoms with Gasteiger partial charge >= 0.3 is 0 Å². The molecule has 2 rings (SSSR count). The minimum absolute atomic E-state index is 0.496. The first kappa shape index (κ1) is 13.7. The molecule has 0 fully saturated rings. The summed E-state index contributed by atoms with van der Waals surface area (Å²) in [4.78, 5) is 4.46. The lowest BCUT2D eigenvalue weighted by molar-refractivity contribution is 0.186. The third-order valence-corrected chi connectivity index (χ3v) is 2.89. The Morgan fingerprint density at radius 1 is 1.26 bits per heavy atom. The zero-order valence-electron chi connectivity index (χ0n) is 12.0. The van der Waals surface area contributed by atoms with E-state index < -0.39 is 6.10 Å². The predicted molar refractivity (Wildman–Crippen MR) is 75.3 cm³/mol. The van der Waals surface area contributed by atoms with Crippen LogP contribution in [0.2, 0.25) is 0 Å². The Hall–Kier alpha value is -1.68. The van der Waals surface area contributed by atoms with Crippen molar-refractivity contribution in [2.45, 2.75) is 40.2 Å². The van der Waals surface area contributed by atoms with E-state index >= 15 is 0 Å². The van der Waals surface area contributed by atoms with E-state index in [0.717, 1.165) is 23.5 Å². The van der Waals surface area contributed by atoms with Crippen molar-refractivity contribution < 1.29 is 5.11 Å². The highest BCUT2D eigenvalue weighted by atomic mass is 16.3. The summed E-state index contributed by atoms with van der Waals surface area (Å²) in [6, 6.07) is 8.05. The van der Waals surface area contributed by atoms with E-state index in [1.807, 2.05) is 31.2 Å². The van der Waals surface area contributed by atoms with Crippen molar-refractivity contribution in [1.82, 2.24) is 14.8 Å². The van der Waals surface area contributed by atoms with Gasteiger partial charge < -0.3 is 5.11 Å². The van der Waals surface area contributed by atoms with Gasteiger partial charge in [0.1, 0.15) is 6.10 Å². The Balaban J connectivity index is 2.46. The molecule has 1 atom stereocenters. The number of hydrogen-bond acceptors (Lipinski definition) is 3. The summed E-state index contributed by atoms with van der Waals surface area (Å²) in [5, 5.41) is 14.4. The molecule has 0 unspecified atom stereocenters. The summed E-state index contributed by atoms with van der Waals surface area (Å²) in [6.07, 6.45) is 0.187. The van der Waals surface area contributed by atoms with Gasteiger partial charge in [-0.15, -0.1) is 0 Å². The van der Waals surface area contributed by atoms with Crippen molar-refractivity contribution in [2.24, 2.45) is 5.92 Å². The number of benzene rings is 1. The van der Waals surface area contributed by atoms with Crippen LogP contribution in [0.4, 0.5) is 0 Å². The third kappa shape index (κ3) is 3.20. The first-order valence-corrected chi connectivity index (χ1v) is 6.68. The molecule has 1 aromatic heterocycles. The lowest BCUT2D eigenvalue weighted by Gasteiger charge is -2.08. The molecule has 0 radical (unpaired) electrons. The normalized spacial score (nSPS) is 12.9. The molecule has 0 aliphatic heterocycles. The van der Waals surface area contributed by atoms with Crippen LogP contribution in [0.15, 0.2) is 24.3 Å². The zero-order valence-corrected chi connectivity index (χ0v) is 12.0. The molecule has 2 aromatic rings. The average molecular weight is 259 g/mol. The van der Waals surface area contributed by atoms with Crippen LogP contribution in [0.3, 0.4) is 0 Å². The second kappa shape index (κ2) is 5.53. The molecule has 0 amide bonds. The maximum Gasteiger partial charge on any atom is 0.160 e. The van der Waals surface area contributed by atoms with Gasteiger partial charge in [-0.25, -0.2) is 9.67 Å². The second-order valence-corrected chi connectivity index (χ2v) is 5.41. The Morgan fingerprint density at radius 3 is 2.58 bits per heavy atom. The van der Waals surface area contributed by atoms with Gasteiger partial charge in [-0.05, 0) is 37.5 Å². The monoisotopic (exact) mass is 259 g/mol. The van der Waals surface area contributed by atoms with Crippen molar-refractivity contribution in [3.63, 3.8) is 0 Å². The van der Waals surface area contributed by atoms with Gasteiger partial charge in [0.05, 0.1) is 5.69 Å². The lowest BCUT2D eigenvalue weighted by Crippen LogP contribution is -2.06. The van der Waals surface area contributed by atoms with Gasteiger partial charge in [0.2, 0.25) is 0 Å². The van der Waals surface area contributed by atoms with Crippen LogP contribution in [0.1, 0.15) is 44.1 Å². The van der Waals surface area contributed by atoms with E-state index in [1.165, 1.54) is 0 Å². The first-order valence-electron chi connectivity index (χ1n) is 6.68. The van der Waals surface area contributed by atoms with Crippen molar-refractivity contribution in [3.8, 4) is 5.69 Å². The minimum Gasteiger partial charge on any atom is -0.385 e. The molecule has 1 N–H and O–H groups in total. The summed E-state index contributed by atoms with van der Waals surface area (Å²) in [5.41, 5.74) is 2.10. The molecule has 4 heteroatoms. The van der Waals surface area contributed by atoms with Crippen molar-refractivity contribution >= 4 is 0 Å². The van der Waals surface area contributed by atoms with Crippen LogP contribution in [-0.2, 0) is 6.42 Å². The fraction of sp³-hybridized carbons (Fsp3) is 0.467. The number of aliphatic hydroxyl groups is 1. The lowest BCUT2D eigenvalue weighted by atomic mass is 10.1. The molecular formula is C15H21N3O. The van der Waals surface area contributed by atoms with Gasteiger partial charge in [-0.2, -0.15) is 5.10 Å². The molecule has 4 nitrogen and oxygen atoms in total. The molecule has 1 heterocycles. The Kier molecular flexibility index (Phi) is 4.00. The van der Waals surface area contributed by atoms with E-state index in [2.05, 4.69) is 23.9 Å². The smallest absolute Gasteiger partial charge is 0.160 e. The summed E-state index contributed by atoms with van der Waals surface area (Å²) in [7, 11) is 0. The van der Waals surface area contributed by atoms with Gasteiger partial charge in [0.15, 0.2) is 11.6 Å². The second-order valence-electron chi connectivity index (χ2n) is 5.41. The summed E-state index contributed by atoms with van der Waals surface area (Å²) in [6.45, 7) is 8.03. The SMILES string of the molecule is Cc1cccc(-n2nc(CC(C)C)nc2[C@H](C)O)c1. The van der Waals surface area contributed by atoms with E-state index in [1.54, 1.807) is 11.6 Å². The highest BCUT2D eigenvalue weighted by Gasteiger charge is 2.16. The quantitative estimate of drug-likeness (QED) is 0.918. The van der Waals surface area contributed by atoms with Crippen LogP contribution >= 0.6 is 0 Å². The maximum atomic E-state index is 9.86. The number of aromatic nitrogens is 3. The Morgan fingerprint density at radius 2 is 2.00 bits per heavy atom.